The number of aryl methyl sites for hydroxylation is 1. The SMILES string of the molecule is Cc1ccc(-c2nnc(-c3cccc(C(=O)O)c3)o2)c(Cl)n1. The minimum Gasteiger partial charge on any atom is -0.478 e. The summed E-state index contributed by atoms with van der Waals surface area (Å²) in [5, 5.41) is 17.2. The van der Waals surface area contributed by atoms with Crippen molar-refractivity contribution in [2.75, 3.05) is 0 Å². The van der Waals surface area contributed by atoms with E-state index in [1.165, 1.54) is 12.1 Å². The molecule has 0 bridgehead atoms. The summed E-state index contributed by atoms with van der Waals surface area (Å²) in [5.41, 5.74) is 1.98. The van der Waals surface area contributed by atoms with Crippen LogP contribution >= 0.6 is 11.6 Å². The molecule has 0 atom stereocenters. The molecule has 3 aromatic rings. The second kappa shape index (κ2) is 5.57. The third-order valence-corrected chi connectivity index (χ3v) is 3.29. The molecule has 6 nitrogen and oxygen atoms in total. The van der Waals surface area contributed by atoms with Crippen LogP contribution in [0.25, 0.3) is 22.9 Å². The molecule has 1 N–H and O–H groups in total. The highest BCUT2D eigenvalue weighted by Crippen LogP contribution is 2.28. The molecule has 0 saturated carbocycles. The first-order chi connectivity index (χ1) is 10.5. The van der Waals surface area contributed by atoms with Gasteiger partial charge in [-0.25, -0.2) is 9.78 Å². The number of carbonyl (C=O) groups is 1. The smallest absolute Gasteiger partial charge is 0.335 e. The first-order valence-electron chi connectivity index (χ1n) is 6.35. The standard InChI is InChI=1S/C15H10ClN3O3/c1-8-5-6-11(12(16)17-8)14-19-18-13(22-14)9-3-2-4-10(7-9)15(20)21/h2-7H,1H3,(H,20,21). The quantitative estimate of drug-likeness (QED) is 0.744. The second-order valence-electron chi connectivity index (χ2n) is 4.59. The summed E-state index contributed by atoms with van der Waals surface area (Å²) in [4.78, 5) is 15.1. The van der Waals surface area contributed by atoms with E-state index in [2.05, 4.69) is 15.2 Å². The maximum Gasteiger partial charge on any atom is 0.335 e. The van der Waals surface area contributed by atoms with Crippen molar-refractivity contribution in [3.8, 4) is 22.9 Å². The third kappa shape index (κ3) is 2.68. The number of carboxylic acid groups (broad SMARTS) is 1. The number of benzene rings is 1. The Labute approximate surface area is 130 Å². The van der Waals surface area contributed by atoms with E-state index in [9.17, 15) is 4.79 Å². The summed E-state index contributed by atoms with van der Waals surface area (Å²) in [5.74, 6) is -0.574. The van der Waals surface area contributed by atoms with E-state index in [4.69, 9.17) is 21.1 Å². The van der Waals surface area contributed by atoms with E-state index in [0.29, 0.717) is 11.1 Å². The number of halogens is 1. The van der Waals surface area contributed by atoms with Crippen LogP contribution in [0.3, 0.4) is 0 Å². The maximum absolute atomic E-state index is 11.0. The number of aromatic nitrogens is 3. The molecule has 0 saturated heterocycles. The largest absolute Gasteiger partial charge is 0.478 e. The van der Waals surface area contributed by atoms with Gasteiger partial charge in [-0.3, -0.25) is 0 Å². The molecule has 0 aliphatic rings. The van der Waals surface area contributed by atoms with E-state index in [1.807, 2.05) is 6.92 Å². The van der Waals surface area contributed by atoms with E-state index < -0.39 is 5.97 Å². The van der Waals surface area contributed by atoms with E-state index in [0.717, 1.165) is 5.69 Å². The fraction of sp³-hybridized carbons (Fsp3) is 0.0667. The Morgan fingerprint density at radius 3 is 2.68 bits per heavy atom. The van der Waals surface area contributed by atoms with Crippen LogP contribution in [0, 0.1) is 6.92 Å². The Morgan fingerprint density at radius 1 is 1.18 bits per heavy atom. The number of nitrogens with zero attached hydrogens (tertiary/aromatic N) is 3. The number of aromatic carboxylic acids is 1. The molecule has 2 aromatic heterocycles. The van der Waals surface area contributed by atoms with Gasteiger partial charge in [-0.05, 0) is 37.3 Å². The summed E-state index contributed by atoms with van der Waals surface area (Å²) in [6, 6.07) is 9.80. The average Bonchev–Trinajstić information content (AvgIpc) is 2.97. The molecule has 7 heteroatoms. The van der Waals surface area contributed by atoms with Gasteiger partial charge < -0.3 is 9.52 Å². The van der Waals surface area contributed by atoms with Gasteiger partial charge in [0.25, 0.3) is 5.89 Å². The normalized spacial score (nSPS) is 10.6. The van der Waals surface area contributed by atoms with Crippen molar-refractivity contribution in [2.45, 2.75) is 6.92 Å². The molecule has 0 aliphatic heterocycles. The zero-order chi connectivity index (χ0) is 15.7. The molecule has 0 amide bonds. The molecule has 0 spiro atoms. The minimum atomic E-state index is -1.02. The molecule has 1 aromatic carbocycles. The highest BCUT2D eigenvalue weighted by Gasteiger charge is 2.15. The highest BCUT2D eigenvalue weighted by molar-refractivity contribution is 6.31. The highest BCUT2D eigenvalue weighted by atomic mass is 35.5. The zero-order valence-electron chi connectivity index (χ0n) is 11.4. The van der Waals surface area contributed by atoms with Gasteiger partial charge in [0.05, 0.1) is 11.1 Å². The van der Waals surface area contributed by atoms with Gasteiger partial charge in [-0.2, -0.15) is 0 Å². The lowest BCUT2D eigenvalue weighted by Gasteiger charge is -1.99. The minimum absolute atomic E-state index is 0.146. The van der Waals surface area contributed by atoms with Gasteiger partial charge in [0, 0.05) is 11.3 Å². The van der Waals surface area contributed by atoms with Crippen LogP contribution in [0.1, 0.15) is 16.1 Å². The van der Waals surface area contributed by atoms with Crippen LogP contribution in [0.15, 0.2) is 40.8 Å². The fourth-order valence-electron chi connectivity index (χ4n) is 1.92. The predicted octanol–water partition coefficient (Wildman–Crippen LogP) is 3.46. The summed E-state index contributed by atoms with van der Waals surface area (Å²) >= 11 is 6.07. The van der Waals surface area contributed by atoms with Crippen LogP contribution < -0.4 is 0 Å². The molecule has 3 rings (SSSR count). The van der Waals surface area contributed by atoms with Crippen molar-refractivity contribution >= 4 is 17.6 Å². The molecule has 22 heavy (non-hydrogen) atoms. The van der Waals surface area contributed by atoms with Gasteiger partial charge in [0.1, 0.15) is 5.15 Å². The topological polar surface area (TPSA) is 89.1 Å². The maximum atomic E-state index is 11.0. The lowest BCUT2D eigenvalue weighted by atomic mass is 10.1. The van der Waals surface area contributed by atoms with Crippen LogP contribution in [-0.2, 0) is 0 Å². The number of rotatable bonds is 3. The average molecular weight is 316 g/mol. The lowest BCUT2D eigenvalue weighted by Crippen LogP contribution is -1.95. The van der Waals surface area contributed by atoms with Gasteiger partial charge >= 0.3 is 5.97 Å². The van der Waals surface area contributed by atoms with Gasteiger partial charge in [0.15, 0.2) is 0 Å². The van der Waals surface area contributed by atoms with E-state index >= 15 is 0 Å². The molecular weight excluding hydrogens is 306 g/mol. The summed E-state index contributed by atoms with van der Waals surface area (Å²) < 4.78 is 5.57. The molecule has 110 valence electrons. The van der Waals surface area contributed by atoms with Crippen molar-refractivity contribution < 1.29 is 14.3 Å². The molecule has 0 radical (unpaired) electrons. The summed E-state index contributed by atoms with van der Waals surface area (Å²) in [7, 11) is 0. The van der Waals surface area contributed by atoms with E-state index in [-0.39, 0.29) is 22.5 Å². The molecule has 0 unspecified atom stereocenters. The Bertz CT molecular complexity index is 861. The Hall–Kier alpha value is -2.73. The third-order valence-electron chi connectivity index (χ3n) is 3.00. The van der Waals surface area contributed by atoms with Crippen LogP contribution in [-0.4, -0.2) is 26.3 Å². The zero-order valence-corrected chi connectivity index (χ0v) is 12.2. The fourth-order valence-corrected chi connectivity index (χ4v) is 2.20. The van der Waals surface area contributed by atoms with Crippen molar-refractivity contribution in [1.29, 1.82) is 0 Å². The molecule has 2 heterocycles. The van der Waals surface area contributed by atoms with Crippen LogP contribution in [0.5, 0.6) is 0 Å². The van der Waals surface area contributed by atoms with Crippen molar-refractivity contribution in [3.63, 3.8) is 0 Å². The predicted molar refractivity (Wildman–Crippen MR) is 79.7 cm³/mol. The molecular formula is C15H10ClN3O3. The number of pyridine rings is 1. The first kappa shape index (κ1) is 14.2. The van der Waals surface area contributed by atoms with Gasteiger partial charge in [0.2, 0.25) is 5.89 Å². The number of carboxylic acids is 1. The number of hydrogen-bond acceptors (Lipinski definition) is 5. The van der Waals surface area contributed by atoms with Crippen LogP contribution in [0.2, 0.25) is 5.15 Å². The van der Waals surface area contributed by atoms with Gasteiger partial charge in [-0.1, -0.05) is 17.7 Å². The first-order valence-corrected chi connectivity index (χ1v) is 6.73. The Balaban J connectivity index is 2.00. The van der Waals surface area contributed by atoms with Gasteiger partial charge in [-0.15, -0.1) is 10.2 Å². The second-order valence-corrected chi connectivity index (χ2v) is 4.95. The number of hydrogen-bond donors (Lipinski definition) is 1. The van der Waals surface area contributed by atoms with Crippen LogP contribution in [0.4, 0.5) is 0 Å². The van der Waals surface area contributed by atoms with Crippen molar-refractivity contribution in [2.24, 2.45) is 0 Å². The Morgan fingerprint density at radius 2 is 1.95 bits per heavy atom. The molecule has 0 fully saturated rings. The Kier molecular flexibility index (Phi) is 3.60. The summed E-state index contributed by atoms with van der Waals surface area (Å²) in [6.07, 6.45) is 0. The monoisotopic (exact) mass is 315 g/mol. The summed E-state index contributed by atoms with van der Waals surface area (Å²) in [6.45, 7) is 1.83. The molecule has 0 aliphatic carbocycles. The van der Waals surface area contributed by atoms with Crippen molar-refractivity contribution in [1.82, 2.24) is 15.2 Å². The van der Waals surface area contributed by atoms with E-state index in [1.54, 1.807) is 24.3 Å². The van der Waals surface area contributed by atoms with Crippen molar-refractivity contribution in [3.05, 3.63) is 52.8 Å². The lowest BCUT2D eigenvalue weighted by molar-refractivity contribution is 0.0697.